The molecule has 132 valence electrons. The molecule has 5 nitrogen and oxygen atoms in total. The molecule has 4 aromatic rings. The van der Waals surface area contributed by atoms with Crippen LogP contribution in [-0.2, 0) is 6.18 Å². The maximum atomic E-state index is 12.9. The molecule has 0 spiro atoms. The number of hydrogen-bond acceptors (Lipinski definition) is 5. The normalized spacial score (nSPS) is 11.8. The fourth-order valence-corrected chi connectivity index (χ4v) is 2.52. The Bertz CT molecular complexity index is 1050. The molecular weight excluding hydrogens is 349 g/mol. The highest BCUT2D eigenvalue weighted by molar-refractivity contribution is 5.68. The van der Waals surface area contributed by atoms with E-state index in [2.05, 4.69) is 10.2 Å². The Balaban J connectivity index is 1.71. The number of benzene rings is 1. The highest BCUT2D eigenvalue weighted by Crippen LogP contribution is 2.36. The van der Waals surface area contributed by atoms with Gasteiger partial charge >= 0.3 is 6.18 Å². The van der Waals surface area contributed by atoms with Crippen LogP contribution in [0.5, 0.6) is 0 Å². The first-order chi connectivity index (χ1) is 12.4. The molecule has 0 amide bonds. The summed E-state index contributed by atoms with van der Waals surface area (Å²) in [5, 5.41) is 7.85. The lowest BCUT2D eigenvalue weighted by molar-refractivity contribution is -0.137. The Morgan fingerprint density at radius 2 is 1.69 bits per heavy atom. The van der Waals surface area contributed by atoms with Gasteiger partial charge in [-0.1, -0.05) is 12.1 Å². The number of rotatable bonds is 3. The molecule has 0 fully saturated rings. The van der Waals surface area contributed by atoms with Gasteiger partial charge in [0.25, 0.3) is 11.8 Å². The molecule has 0 radical (unpaired) electrons. The quantitative estimate of drug-likeness (QED) is 0.477. The third-order valence-electron chi connectivity index (χ3n) is 3.78. The van der Waals surface area contributed by atoms with Crippen molar-refractivity contribution in [3.63, 3.8) is 0 Å². The van der Waals surface area contributed by atoms with Crippen LogP contribution in [0, 0.1) is 6.92 Å². The molecule has 0 atom stereocenters. The molecular formula is C18H11F3N2O3. The van der Waals surface area contributed by atoms with Gasteiger partial charge in [0.1, 0.15) is 11.5 Å². The number of aromatic nitrogens is 2. The monoisotopic (exact) mass is 360 g/mol. The van der Waals surface area contributed by atoms with Crippen molar-refractivity contribution >= 4 is 0 Å². The molecule has 0 saturated heterocycles. The number of nitrogens with zero attached hydrogens (tertiary/aromatic N) is 2. The van der Waals surface area contributed by atoms with Crippen LogP contribution in [0.3, 0.4) is 0 Å². The Morgan fingerprint density at radius 1 is 0.885 bits per heavy atom. The Kier molecular flexibility index (Phi) is 3.68. The fraction of sp³-hybridized carbons (Fsp3) is 0.111. The van der Waals surface area contributed by atoms with E-state index in [4.69, 9.17) is 13.3 Å². The first-order valence-electron chi connectivity index (χ1n) is 7.57. The smallest absolute Gasteiger partial charge is 0.416 e. The summed E-state index contributed by atoms with van der Waals surface area (Å²) in [7, 11) is 0. The second-order valence-corrected chi connectivity index (χ2v) is 5.55. The third-order valence-corrected chi connectivity index (χ3v) is 3.78. The molecule has 4 rings (SSSR count). The Hall–Kier alpha value is -3.29. The summed E-state index contributed by atoms with van der Waals surface area (Å²) in [5.41, 5.74) is 0.0613. The summed E-state index contributed by atoms with van der Waals surface area (Å²) in [4.78, 5) is 0. The van der Waals surface area contributed by atoms with E-state index < -0.39 is 11.7 Å². The van der Waals surface area contributed by atoms with E-state index in [1.54, 1.807) is 31.2 Å². The summed E-state index contributed by atoms with van der Waals surface area (Å²) in [5.74, 6) is 1.54. The van der Waals surface area contributed by atoms with E-state index in [1.165, 1.54) is 12.3 Å². The highest BCUT2D eigenvalue weighted by atomic mass is 19.4. The minimum Gasteiger partial charge on any atom is -0.461 e. The van der Waals surface area contributed by atoms with E-state index in [1.807, 2.05) is 0 Å². The van der Waals surface area contributed by atoms with Crippen LogP contribution < -0.4 is 0 Å². The molecule has 0 aliphatic carbocycles. The summed E-state index contributed by atoms with van der Waals surface area (Å²) < 4.78 is 55.1. The molecule has 3 heterocycles. The van der Waals surface area contributed by atoms with Gasteiger partial charge in [-0.25, -0.2) is 0 Å². The van der Waals surface area contributed by atoms with Gasteiger partial charge in [-0.2, -0.15) is 13.2 Å². The van der Waals surface area contributed by atoms with E-state index in [0.29, 0.717) is 22.6 Å². The molecule has 0 bridgehead atoms. The van der Waals surface area contributed by atoms with E-state index >= 15 is 0 Å². The molecule has 1 aromatic carbocycles. The summed E-state index contributed by atoms with van der Waals surface area (Å²) >= 11 is 0. The largest absolute Gasteiger partial charge is 0.461 e. The molecule has 0 N–H and O–H groups in total. The first-order valence-corrected chi connectivity index (χ1v) is 7.57. The van der Waals surface area contributed by atoms with Crippen molar-refractivity contribution in [2.75, 3.05) is 0 Å². The van der Waals surface area contributed by atoms with E-state index in [9.17, 15) is 13.2 Å². The average Bonchev–Trinajstić information content (AvgIpc) is 3.34. The van der Waals surface area contributed by atoms with Crippen molar-refractivity contribution in [3.8, 4) is 34.4 Å². The lowest BCUT2D eigenvalue weighted by Gasteiger charge is -2.07. The molecule has 0 aliphatic rings. The van der Waals surface area contributed by atoms with Gasteiger partial charge in [0.15, 0.2) is 5.76 Å². The predicted molar refractivity (Wildman–Crippen MR) is 84.9 cm³/mol. The molecule has 3 aromatic heterocycles. The third kappa shape index (κ3) is 2.90. The van der Waals surface area contributed by atoms with Crippen molar-refractivity contribution in [2.45, 2.75) is 13.1 Å². The Labute approximate surface area is 145 Å². The molecule has 8 heteroatoms. The van der Waals surface area contributed by atoms with Gasteiger partial charge in [-0.15, -0.1) is 10.2 Å². The zero-order valence-corrected chi connectivity index (χ0v) is 13.4. The van der Waals surface area contributed by atoms with Crippen molar-refractivity contribution in [2.24, 2.45) is 0 Å². The minimum atomic E-state index is -4.43. The standard InChI is InChI=1S/C18H11F3N2O3/c1-10-13(16-22-23-17(26-16)14-6-3-7-24-14)9-15(25-10)11-4-2-5-12(8-11)18(19,20)21/h2-9H,1H3. The van der Waals surface area contributed by atoms with Crippen LogP contribution >= 0.6 is 0 Å². The average molecular weight is 360 g/mol. The maximum Gasteiger partial charge on any atom is 0.416 e. The van der Waals surface area contributed by atoms with Gasteiger partial charge < -0.3 is 13.3 Å². The van der Waals surface area contributed by atoms with Crippen molar-refractivity contribution in [1.29, 1.82) is 0 Å². The van der Waals surface area contributed by atoms with Crippen LogP contribution in [0.15, 0.2) is 62.0 Å². The molecule has 0 unspecified atom stereocenters. The van der Waals surface area contributed by atoms with Crippen LogP contribution in [0.2, 0.25) is 0 Å². The predicted octanol–water partition coefficient (Wildman–Crippen LogP) is 5.58. The van der Waals surface area contributed by atoms with Gasteiger partial charge in [0.2, 0.25) is 0 Å². The second kappa shape index (κ2) is 5.91. The van der Waals surface area contributed by atoms with Gasteiger partial charge in [0.05, 0.1) is 17.4 Å². The number of hydrogen-bond donors (Lipinski definition) is 0. The number of halogens is 3. The van der Waals surface area contributed by atoms with Gasteiger partial charge in [-0.05, 0) is 37.3 Å². The zero-order chi connectivity index (χ0) is 18.3. The molecule has 0 aliphatic heterocycles. The fourth-order valence-electron chi connectivity index (χ4n) is 2.52. The summed E-state index contributed by atoms with van der Waals surface area (Å²) in [6, 6.07) is 9.85. The number of furan rings is 2. The van der Waals surface area contributed by atoms with E-state index in [0.717, 1.165) is 12.1 Å². The number of alkyl halides is 3. The van der Waals surface area contributed by atoms with Crippen molar-refractivity contribution in [3.05, 3.63) is 60.1 Å². The Morgan fingerprint density at radius 3 is 2.42 bits per heavy atom. The van der Waals surface area contributed by atoms with Crippen LogP contribution in [-0.4, -0.2) is 10.2 Å². The van der Waals surface area contributed by atoms with Crippen molar-refractivity contribution in [1.82, 2.24) is 10.2 Å². The number of aryl methyl sites for hydroxylation is 1. The summed E-state index contributed by atoms with van der Waals surface area (Å²) in [6.07, 6.45) is -2.95. The van der Waals surface area contributed by atoms with Gasteiger partial charge in [-0.3, -0.25) is 0 Å². The first kappa shape index (κ1) is 16.2. The SMILES string of the molecule is Cc1oc(-c2cccc(C(F)(F)F)c2)cc1-c1nnc(-c2ccco2)o1. The topological polar surface area (TPSA) is 65.2 Å². The minimum absolute atomic E-state index is 0.191. The zero-order valence-electron chi connectivity index (χ0n) is 13.4. The maximum absolute atomic E-state index is 12.9. The van der Waals surface area contributed by atoms with Crippen molar-refractivity contribution < 1.29 is 26.4 Å². The van der Waals surface area contributed by atoms with Gasteiger partial charge in [0, 0.05) is 5.56 Å². The molecule has 26 heavy (non-hydrogen) atoms. The second-order valence-electron chi connectivity index (χ2n) is 5.55. The molecule has 0 saturated carbocycles. The summed E-state index contributed by atoms with van der Waals surface area (Å²) in [6.45, 7) is 1.67. The highest BCUT2D eigenvalue weighted by Gasteiger charge is 2.30. The lowest BCUT2D eigenvalue weighted by atomic mass is 10.1. The lowest BCUT2D eigenvalue weighted by Crippen LogP contribution is -2.04. The van der Waals surface area contributed by atoms with Crippen LogP contribution in [0.4, 0.5) is 13.2 Å². The van der Waals surface area contributed by atoms with Crippen LogP contribution in [0.25, 0.3) is 34.4 Å². The van der Waals surface area contributed by atoms with E-state index in [-0.39, 0.29) is 17.5 Å². The van der Waals surface area contributed by atoms with Crippen LogP contribution in [0.1, 0.15) is 11.3 Å².